The minimum Gasteiger partial charge on any atom is -0.460 e. The Bertz CT molecular complexity index is 355. The van der Waals surface area contributed by atoms with E-state index in [1.54, 1.807) is 0 Å². The summed E-state index contributed by atoms with van der Waals surface area (Å²) in [7, 11) is 0. The number of rotatable bonds is 2. The minimum atomic E-state index is -0.313. The van der Waals surface area contributed by atoms with Crippen LogP contribution >= 0.6 is 0 Å². The fourth-order valence-electron chi connectivity index (χ4n) is 1.51. The van der Waals surface area contributed by atoms with Gasteiger partial charge in [0, 0.05) is 11.1 Å². The van der Waals surface area contributed by atoms with Gasteiger partial charge in [0.25, 0.3) is 0 Å². The third-order valence-electron chi connectivity index (χ3n) is 2.15. The van der Waals surface area contributed by atoms with Crippen molar-refractivity contribution < 1.29 is 9.47 Å². The van der Waals surface area contributed by atoms with Crippen LogP contribution in [0.4, 0.5) is 0 Å². The number of ether oxygens (including phenoxy) is 2. The molecule has 0 spiro atoms. The third-order valence-corrected chi connectivity index (χ3v) is 2.15. The molecule has 0 radical (unpaired) electrons. The quantitative estimate of drug-likeness (QED) is 0.714. The lowest BCUT2D eigenvalue weighted by Gasteiger charge is -2.15. The van der Waals surface area contributed by atoms with Gasteiger partial charge in [0.2, 0.25) is 6.29 Å². The normalized spacial score (nSPS) is 19.6. The first kappa shape index (κ1) is 9.28. The summed E-state index contributed by atoms with van der Waals surface area (Å²) in [4.78, 5) is 0. The van der Waals surface area contributed by atoms with Gasteiger partial charge in [-0.25, -0.2) is 0 Å². The Hall–Kier alpha value is -1.28. The maximum atomic E-state index is 5.61. The Labute approximate surface area is 84.2 Å². The highest BCUT2D eigenvalue weighted by Gasteiger charge is 2.27. The predicted octanol–water partition coefficient (Wildman–Crippen LogP) is 2.84. The lowest BCUT2D eigenvalue weighted by molar-refractivity contribution is -0.0623. The van der Waals surface area contributed by atoms with E-state index in [4.69, 9.17) is 9.47 Å². The highest BCUT2D eigenvalue weighted by atomic mass is 16.7. The molecule has 0 amide bonds. The van der Waals surface area contributed by atoms with Crippen LogP contribution in [0.25, 0.3) is 5.57 Å². The summed E-state index contributed by atoms with van der Waals surface area (Å²) in [5.74, 6) is 0.864. The molecule has 0 saturated carbocycles. The van der Waals surface area contributed by atoms with Crippen molar-refractivity contribution in [3.05, 3.63) is 36.4 Å². The molecule has 0 aliphatic carbocycles. The lowest BCUT2D eigenvalue weighted by Crippen LogP contribution is -2.20. The van der Waals surface area contributed by atoms with Gasteiger partial charge in [0.15, 0.2) is 0 Å². The summed E-state index contributed by atoms with van der Waals surface area (Å²) in [6.45, 7) is 7.95. The van der Waals surface area contributed by atoms with Gasteiger partial charge >= 0.3 is 0 Å². The number of hydrogen-bond donors (Lipinski definition) is 0. The minimum absolute atomic E-state index is 0.145. The Balaban J connectivity index is 2.21. The summed E-state index contributed by atoms with van der Waals surface area (Å²) in [6.07, 6.45) is -0.168. The van der Waals surface area contributed by atoms with Crippen molar-refractivity contribution in [1.29, 1.82) is 0 Å². The zero-order valence-corrected chi connectivity index (χ0v) is 8.49. The maximum absolute atomic E-state index is 5.61. The van der Waals surface area contributed by atoms with E-state index in [1.165, 1.54) is 0 Å². The molecule has 1 aliphatic rings. The molecular formula is C12H14O2. The number of fused-ring (bicyclic) bond motifs is 1. The second-order valence-electron chi connectivity index (χ2n) is 3.66. The van der Waals surface area contributed by atoms with Gasteiger partial charge in [-0.05, 0) is 19.9 Å². The van der Waals surface area contributed by atoms with Crippen LogP contribution in [0.15, 0.2) is 30.8 Å². The molecule has 0 bridgehead atoms. The molecule has 1 aliphatic heterocycles. The van der Waals surface area contributed by atoms with Gasteiger partial charge in [-0.15, -0.1) is 0 Å². The molecule has 2 rings (SSSR count). The van der Waals surface area contributed by atoms with Gasteiger partial charge < -0.3 is 9.47 Å². The topological polar surface area (TPSA) is 18.5 Å². The Morgan fingerprint density at radius 1 is 1.36 bits per heavy atom. The molecule has 1 aromatic carbocycles. The van der Waals surface area contributed by atoms with Gasteiger partial charge in [-0.3, -0.25) is 0 Å². The predicted molar refractivity (Wildman–Crippen MR) is 56.1 cm³/mol. The highest BCUT2D eigenvalue weighted by molar-refractivity contribution is 5.74. The summed E-state index contributed by atoms with van der Waals surface area (Å²) < 4.78 is 11.2. The van der Waals surface area contributed by atoms with E-state index in [9.17, 15) is 0 Å². The van der Waals surface area contributed by atoms with Crippen molar-refractivity contribution in [2.24, 2.45) is 0 Å². The van der Waals surface area contributed by atoms with Crippen LogP contribution in [0.5, 0.6) is 5.75 Å². The molecule has 0 N–H and O–H groups in total. The van der Waals surface area contributed by atoms with Crippen molar-refractivity contribution in [2.75, 3.05) is 0 Å². The average Bonchev–Trinajstić information content (AvgIpc) is 2.44. The fraction of sp³-hybridized carbons (Fsp3) is 0.333. The fourth-order valence-corrected chi connectivity index (χ4v) is 1.51. The Kier molecular flexibility index (Phi) is 2.30. The molecule has 0 aromatic heterocycles. The van der Waals surface area contributed by atoms with Gasteiger partial charge in [-0.2, -0.15) is 0 Å². The lowest BCUT2D eigenvalue weighted by atomic mass is 10.1. The van der Waals surface area contributed by atoms with Crippen LogP contribution in [0.2, 0.25) is 0 Å². The molecule has 0 fully saturated rings. The summed E-state index contributed by atoms with van der Waals surface area (Å²) in [5, 5.41) is 0. The van der Waals surface area contributed by atoms with E-state index in [0.717, 1.165) is 16.9 Å². The van der Waals surface area contributed by atoms with E-state index in [1.807, 2.05) is 38.1 Å². The molecule has 1 aromatic rings. The van der Waals surface area contributed by atoms with Crippen LogP contribution in [0, 0.1) is 0 Å². The first-order valence-electron chi connectivity index (χ1n) is 4.79. The molecule has 14 heavy (non-hydrogen) atoms. The smallest absolute Gasteiger partial charge is 0.227 e. The molecule has 2 heteroatoms. The number of benzene rings is 1. The molecule has 2 nitrogen and oxygen atoms in total. The van der Waals surface area contributed by atoms with Crippen molar-refractivity contribution in [3.63, 3.8) is 0 Å². The molecule has 74 valence electrons. The monoisotopic (exact) mass is 190 g/mol. The van der Waals surface area contributed by atoms with E-state index in [2.05, 4.69) is 6.58 Å². The molecule has 1 atom stereocenters. The zero-order chi connectivity index (χ0) is 10.1. The molecule has 0 saturated heterocycles. The highest BCUT2D eigenvalue weighted by Crippen LogP contribution is 2.36. The van der Waals surface area contributed by atoms with Crippen LogP contribution in [0.3, 0.4) is 0 Å². The molecule has 1 heterocycles. The SMILES string of the molecule is C=C1c2ccccc2OC1OC(C)C. The number of hydrogen-bond acceptors (Lipinski definition) is 2. The Morgan fingerprint density at radius 2 is 2.07 bits per heavy atom. The van der Waals surface area contributed by atoms with Crippen molar-refractivity contribution in [1.82, 2.24) is 0 Å². The third kappa shape index (κ3) is 1.53. The van der Waals surface area contributed by atoms with Crippen molar-refractivity contribution in [2.45, 2.75) is 26.2 Å². The molecular weight excluding hydrogens is 176 g/mol. The van der Waals surface area contributed by atoms with Crippen molar-refractivity contribution in [3.8, 4) is 5.75 Å². The first-order valence-corrected chi connectivity index (χ1v) is 4.79. The van der Waals surface area contributed by atoms with Crippen molar-refractivity contribution >= 4 is 5.57 Å². The molecule has 1 unspecified atom stereocenters. The summed E-state index contributed by atoms with van der Waals surface area (Å²) in [6, 6.07) is 7.86. The van der Waals surface area contributed by atoms with Gasteiger partial charge in [-0.1, -0.05) is 24.8 Å². The largest absolute Gasteiger partial charge is 0.460 e. The van der Waals surface area contributed by atoms with E-state index in [-0.39, 0.29) is 12.4 Å². The van der Waals surface area contributed by atoms with Crippen LogP contribution in [-0.4, -0.2) is 12.4 Å². The maximum Gasteiger partial charge on any atom is 0.227 e. The van der Waals surface area contributed by atoms with Crippen LogP contribution in [-0.2, 0) is 4.74 Å². The Morgan fingerprint density at radius 3 is 2.71 bits per heavy atom. The second kappa shape index (κ2) is 3.46. The summed E-state index contributed by atoms with van der Waals surface area (Å²) >= 11 is 0. The first-order chi connectivity index (χ1) is 6.68. The van der Waals surface area contributed by atoms with Crippen LogP contribution < -0.4 is 4.74 Å². The standard InChI is InChI=1S/C12H14O2/c1-8(2)13-12-9(3)10-6-4-5-7-11(10)14-12/h4-8,12H,3H2,1-2H3. The zero-order valence-electron chi connectivity index (χ0n) is 8.49. The summed E-state index contributed by atoms with van der Waals surface area (Å²) in [5.41, 5.74) is 1.97. The van der Waals surface area contributed by atoms with E-state index >= 15 is 0 Å². The second-order valence-corrected chi connectivity index (χ2v) is 3.66. The van der Waals surface area contributed by atoms with Gasteiger partial charge in [0.05, 0.1) is 6.10 Å². The van der Waals surface area contributed by atoms with E-state index in [0.29, 0.717) is 0 Å². The van der Waals surface area contributed by atoms with Crippen LogP contribution in [0.1, 0.15) is 19.4 Å². The van der Waals surface area contributed by atoms with E-state index < -0.39 is 0 Å². The van der Waals surface area contributed by atoms with Gasteiger partial charge in [0.1, 0.15) is 5.75 Å². The average molecular weight is 190 g/mol. The number of para-hydroxylation sites is 1.